The summed E-state index contributed by atoms with van der Waals surface area (Å²) in [7, 11) is 0. The Morgan fingerprint density at radius 1 is 1.27 bits per heavy atom. The number of amides is 1. The molecule has 2 aliphatic rings. The molecule has 2 fully saturated rings. The van der Waals surface area contributed by atoms with Crippen LogP contribution in [0.4, 0.5) is 4.79 Å². The second kappa shape index (κ2) is 8.16. The Morgan fingerprint density at radius 3 is 2.59 bits per heavy atom. The number of piperidine rings is 1. The Balaban J connectivity index is 1.55. The summed E-state index contributed by atoms with van der Waals surface area (Å²) in [6.07, 6.45) is 5.98. The number of carbonyl (C=O) groups excluding carboxylic acids is 1. The molecule has 0 radical (unpaired) electrons. The van der Waals surface area contributed by atoms with E-state index in [2.05, 4.69) is 5.32 Å². The molecule has 2 rings (SSSR count). The van der Waals surface area contributed by atoms with Crippen molar-refractivity contribution in [3.63, 3.8) is 0 Å². The van der Waals surface area contributed by atoms with Gasteiger partial charge in [-0.3, -0.25) is 0 Å². The van der Waals surface area contributed by atoms with Gasteiger partial charge in [0.15, 0.2) is 0 Å². The highest BCUT2D eigenvalue weighted by Crippen LogP contribution is 2.19. The molecule has 0 aliphatic carbocycles. The topological polar surface area (TPSA) is 50.8 Å². The monoisotopic (exact) mass is 312 g/mol. The van der Waals surface area contributed by atoms with Crippen molar-refractivity contribution in [2.24, 2.45) is 5.92 Å². The number of nitrogens with one attached hydrogen (secondary N) is 1. The van der Waals surface area contributed by atoms with Gasteiger partial charge in [-0.25, -0.2) is 4.79 Å². The maximum absolute atomic E-state index is 12.0. The number of nitrogens with zero attached hydrogens (tertiary/aromatic N) is 1. The van der Waals surface area contributed by atoms with Gasteiger partial charge >= 0.3 is 6.09 Å². The Kier molecular flexibility index (Phi) is 6.50. The van der Waals surface area contributed by atoms with E-state index in [-0.39, 0.29) is 6.09 Å². The summed E-state index contributed by atoms with van der Waals surface area (Å²) in [6, 6.07) is 0. The summed E-state index contributed by atoms with van der Waals surface area (Å²) in [5.41, 5.74) is -0.405. The van der Waals surface area contributed by atoms with Crippen molar-refractivity contribution in [3.05, 3.63) is 0 Å². The van der Waals surface area contributed by atoms with Crippen LogP contribution in [0.15, 0.2) is 0 Å². The number of rotatable bonds is 5. The molecule has 5 nitrogen and oxygen atoms in total. The van der Waals surface area contributed by atoms with Crippen molar-refractivity contribution in [1.29, 1.82) is 0 Å². The molecule has 22 heavy (non-hydrogen) atoms. The number of carbonyl (C=O) groups is 1. The predicted molar refractivity (Wildman–Crippen MR) is 87.0 cm³/mol. The van der Waals surface area contributed by atoms with E-state index in [1.54, 1.807) is 0 Å². The molecule has 2 heterocycles. The second-order valence-corrected chi connectivity index (χ2v) is 7.54. The molecule has 0 aromatic carbocycles. The number of hydrogen-bond donors (Lipinski definition) is 1. The first kappa shape index (κ1) is 17.5. The van der Waals surface area contributed by atoms with Crippen LogP contribution in [0.2, 0.25) is 0 Å². The van der Waals surface area contributed by atoms with Crippen LogP contribution in [0.25, 0.3) is 0 Å². The average Bonchev–Trinajstić information content (AvgIpc) is 2.95. The molecule has 0 aromatic rings. The van der Waals surface area contributed by atoms with Crippen LogP contribution < -0.4 is 5.32 Å². The van der Waals surface area contributed by atoms with Gasteiger partial charge in [0.05, 0.1) is 6.10 Å². The van der Waals surface area contributed by atoms with E-state index >= 15 is 0 Å². The van der Waals surface area contributed by atoms with Crippen LogP contribution >= 0.6 is 0 Å². The molecule has 1 unspecified atom stereocenters. The van der Waals surface area contributed by atoms with Crippen LogP contribution in [0.1, 0.15) is 52.9 Å². The third-order valence-corrected chi connectivity index (χ3v) is 4.37. The summed E-state index contributed by atoms with van der Waals surface area (Å²) in [5, 5.41) is 3.55. The van der Waals surface area contributed by atoms with Crippen molar-refractivity contribution in [2.75, 3.05) is 32.8 Å². The summed E-state index contributed by atoms with van der Waals surface area (Å²) in [6.45, 7) is 10.4. The third-order valence-electron chi connectivity index (χ3n) is 4.37. The first-order valence-electron chi connectivity index (χ1n) is 8.74. The lowest BCUT2D eigenvalue weighted by Gasteiger charge is -2.33. The van der Waals surface area contributed by atoms with E-state index in [4.69, 9.17) is 9.47 Å². The van der Waals surface area contributed by atoms with Crippen molar-refractivity contribution in [3.8, 4) is 0 Å². The summed E-state index contributed by atoms with van der Waals surface area (Å²) < 4.78 is 11.1. The van der Waals surface area contributed by atoms with Crippen LogP contribution in [0, 0.1) is 5.92 Å². The molecule has 0 bridgehead atoms. The summed E-state index contributed by atoms with van der Waals surface area (Å²) >= 11 is 0. The Hall–Kier alpha value is -0.810. The molecule has 0 aromatic heterocycles. The van der Waals surface area contributed by atoms with E-state index in [1.807, 2.05) is 25.7 Å². The van der Waals surface area contributed by atoms with Crippen molar-refractivity contribution < 1.29 is 14.3 Å². The highest BCUT2D eigenvalue weighted by Gasteiger charge is 2.26. The quantitative estimate of drug-likeness (QED) is 0.793. The van der Waals surface area contributed by atoms with Crippen molar-refractivity contribution in [1.82, 2.24) is 10.2 Å². The summed E-state index contributed by atoms with van der Waals surface area (Å²) in [5.74, 6) is 0.670. The van der Waals surface area contributed by atoms with E-state index < -0.39 is 5.60 Å². The fraction of sp³-hybridized carbons (Fsp3) is 0.941. The zero-order valence-corrected chi connectivity index (χ0v) is 14.4. The van der Waals surface area contributed by atoms with E-state index in [0.29, 0.717) is 12.0 Å². The maximum Gasteiger partial charge on any atom is 0.410 e. The maximum atomic E-state index is 12.0. The van der Waals surface area contributed by atoms with Crippen LogP contribution in [0.5, 0.6) is 0 Å². The minimum atomic E-state index is -0.405. The van der Waals surface area contributed by atoms with Gasteiger partial charge in [-0.1, -0.05) is 0 Å². The largest absolute Gasteiger partial charge is 0.444 e. The van der Waals surface area contributed by atoms with Gasteiger partial charge in [0.1, 0.15) is 5.60 Å². The SMILES string of the molecule is CC(C)(C)OC(=O)N1CCC(CNCCC2CCCO2)CC1. The predicted octanol–water partition coefficient (Wildman–Crippen LogP) is 2.79. The molecule has 128 valence electrons. The molecule has 5 heteroatoms. The fourth-order valence-electron chi connectivity index (χ4n) is 3.09. The molecule has 1 atom stereocenters. The minimum absolute atomic E-state index is 0.169. The molecule has 1 N–H and O–H groups in total. The third kappa shape index (κ3) is 6.13. The molecular weight excluding hydrogens is 280 g/mol. The van der Waals surface area contributed by atoms with Crippen LogP contribution in [0.3, 0.4) is 0 Å². The van der Waals surface area contributed by atoms with Gasteiger partial charge < -0.3 is 19.7 Å². The van der Waals surface area contributed by atoms with Gasteiger partial charge in [0.25, 0.3) is 0 Å². The average molecular weight is 312 g/mol. The van der Waals surface area contributed by atoms with E-state index in [1.165, 1.54) is 12.8 Å². The lowest BCUT2D eigenvalue weighted by Crippen LogP contribution is -2.43. The van der Waals surface area contributed by atoms with Gasteiger partial charge in [-0.05, 0) is 71.9 Å². The normalized spacial score (nSPS) is 23.8. The first-order chi connectivity index (χ1) is 10.4. The van der Waals surface area contributed by atoms with Crippen molar-refractivity contribution in [2.45, 2.75) is 64.6 Å². The van der Waals surface area contributed by atoms with Crippen molar-refractivity contribution >= 4 is 6.09 Å². The molecule has 0 saturated carbocycles. The minimum Gasteiger partial charge on any atom is -0.444 e. The van der Waals surface area contributed by atoms with Crippen LogP contribution in [-0.2, 0) is 9.47 Å². The van der Waals surface area contributed by atoms with Gasteiger partial charge in [-0.2, -0.15) is 0 Å². The summed E-state index contributed by atoms with van der Waals surface area (Å²) in [4.78, 5) is 13.8. The number of ether oxygens (including phenoxy) is 2. The molecule has 2 aliphatic heterocycles. The fourth-order valence-corrected chi connectivity index (χ4v) is 3.09. The first-order valence-corrected chi connectivity index (χ1v) is 8.74. The lowest BCUT2D eigenvalue weighted by molar-refractivity contribution is 0.0183. The highest BCUT2D eigenvalue weighted by atomic mass is 16.6. The number of likely N-dealkylation sites (tertiary alicyclic amines) is 1. The molecule has 0 spiro atoms. The van der Waals surface area contributed by atoms with E-state index in [0.717, 1.165) is 52.0 Å². The molecular formula is C17H32N2O3. The van der Waals surface area contributed by atoms with Gasteiger partial charge in [0.2, 0.25) is 0 Å². The molecule has 1 amide bonds. The smallest absolute Gasteiger partial charge is 0.410 e. The zero-order valence-electron chi connectivity index (χ0n) is 14.4. The standard InChI is InChI=1S/C17H32N2O3/c1-17(2,3)22-16(20)19-10-7-14(8-11-19)13-18-9-6-15-5-4-12-21-15/h14-15,18H,4-13H2,1-3H3. The highest BCUT2D eigenvalue weighted by molar-refractivity contribution is 5.68. The van der Waals surface area contributed by atoms with Gasteiger partial charge in [-0.15, -0.1) is 0 Å². The Bertz CT molecular complexity index is 340. The Labute approximate surface area is 134 Å². The lowest BCUT2D eigenvalue weighted by atomic mass is 9.97. The zero-order chi connectivity index (χ0) is 16.0. The van der Waals surface area contributed by atoms with Crippen LogP contribution in [-0.4, -0.2) is 55.5 Å². The van der Waals surface area contributed by atoms with E-state index in [9.17, 15) is 4.79 Å². The Morgan fingerprint density at radius 2 is 2.00 bits per heavy atom. The second-order valence-electron chi connectivity index (χ2n) is 7.54. The number of hydrogen-bond acceptors (Lipinski definition) is 4. The van der Waals surface area contributed by atoms with Gasteiger partial charge in [0, 0.05) is 19.7 Å². The molecule has 2 saturated heterocycles.